The van der Waals surface area contributed by atoms with E-state index in [4.69, 9.17) is 14.5 Å². The maximum Gasteiger partial charge on any atom is 0.328 e. The molecule has 0 aliphatic carbocycles. The Kier molecular flexibility index (Phi) is 8.53. The molecule has 3 aromatic rings. The predicted octanol–water partition coefficient (Wildman–Crippen LogP) is 3.02. The highest BCUT2D eigenvalue weighted by Gasteiger charge is 2.29. The first-order chi connectivity index (χ1) is 16.8. The molecule has 35 heavy (non-hydrogen) atoms. The number of anilines is 1. The molecule has 1 aromatic carbocycles. The molecular weight excluding hydrogens is 450 g/mol. The van der Waals surface area contributed by atoms with E-state index >= 15 is 0 Å². The Bertz CT molecular complexity index is 1210. The van der Waals surface area contributed by atoms with Gasteiger partial charge in [0.05, 0.1) is 30.3 Å². The number of carbonyl (C=O) groups excluding carboxylic acids is 3. The molecule has 0 bridgehead atoms. The number of imidazole rings is 1. The van der Waals surface area contributed by atoms with Crippen molar-refractivity contribution in [1.29, 1.82) is 0 Å². The molecule has 2 amide bonds. The van der Waals surface area contributed by atoms with Gasteiger partial charge < -0.3 is 24.7 Å². The summed E-state index contributed by atoms with van der Waals surface area (Å²) < 4.78 is 12.1. The Labute approximate surface area is 204 Å². The number of rotatable bonds is 10. The van der Waals surface area contributed by atoms with Gasteiger partial charge in [0.15, 0.2) is 5.82 Å². The van der Waals surface area contributed by atoms with Crippen LogP contribution in [0.2, 0.25) is 0 Å². The fourth-order valence-electron chi connectivity index (χ4n) is 3.82. The summed E-state index contributed by atoms with van der Waals surface area (Å²) in [5.74, 6) is -0.888. The van der Waals surface area contributed by atoms with Crippen molar-refractivity contribution >= 4 is 34.5 Å². The minimum absolute atomic E-state index is 0.150. The van der Waals surface area contributed by atoms with Crippen molar-refractivity contribution in [3.63, 3.8) is 0 Å². The van der Waals surface area contributed by atoms with E-state index in [9.17, 15) is 14.4 Å². The molecule has 3 rings (SSSR count). The second-order valence-corrected chi connectivity index (χ2v) is 8.23. The molecule has 0 fully saturated rings. The minimum Gasteiger partial charge on any atom is -0.467 e. The monoisotopic (exact) mass is 481 g/mol. The number of hydrogen-bond donors (Lipinski definition) is 2. The number of esters is 1. The first-order valence-corrected chi connectivity index (χ1v) is 11.4. The highest BCUT2D eigenvalue weighted by Crippen LogP contribution is 2.30. The van der Waals surface area contributed by atoms with E-state index in [2.05, 4.69) is 15.6 Å². The molecule has 0 unspecified atom stereocenters. The third-order valence-electron chi connectivity index (χ3n) is 5.77. The van der Waals surface area contributed by atoms with Crippen LogP contribution in [0.5, 0.6) is 0 Å². The molecule has 186 valence electrons. The number of nitrogens with one attached hydrogen (secondary N) is 2. The molecule has 10 heteroatoms. The van der Waals surface area contributed by atoms with Gasteiger partial charge in [0.25, 0.3) is 5.91 Å². The van der Waals surface area contributed by atoms with E-state index in [1.165, 1.54) is 14.0 Å². The second kappa shape index (κ2) is 11.6. The van der Waals surface area contributed by atoms with Crippen LogP contribution in [-0.2, 0) is 25.6 Å². The number of ether oxygens (including phenoxy) is 2. The minimum atomic E-state index is -0.831. The van der Waals surface area contributed by atoms with Gasteiger partial charge in [-0.05, 0) is 30.2 Å². The molecule has 0 saturated carbocycles. The van der Waals surface area contributed by atoms with Gasteiger partial charge in [-0.2, -0.15) is 0 Å². The van der Waals surface area contributed by atoms with Crippen LogP contribution < -0.4 is 10.6 Å². The van der Waals surface area contributed by atoms with Crippen LogP contribution >= 0.6 is 0 Å². The normalized spacial score (nSPS) is 12.7. The Morgan fingerprint density at radius 1 is 1.17 bits per heavy atom. The highest BCUT2D eigenvalue weighted by atomic mass is 16.5. The zero-order valence-corrected chi connectivity index (χ0v) is 20.6. The second-order valence-electron chi connectivity index (χ2n) is 8.23. The lowest BCUT2D eigenvalue weighted by atomic mass is 9.98. The molecule has 0 aliphatic heterocycles. The fraction of sp³-hybridized carbons (Fsp3) is 0.400. The van der Waals surface area contributed by atoms with Gasteiger partial charge >= 0.3 is 5.97 Å². The van der Waals surface area contributed by atoms with Gasteiger partial charge in [0, 0.05) is 32.5 Å². The summed E-state index contributed by atoms with van der Waals surface area (Å²) in [4.78, 5) is 47.0. The number of aromatic nitrogens is 3. The van der Waals surface area contributed by atoms with E-state index in [1.54, 1.807) is 31.5 Å². The first-order valence-electron chi connectivity index (χ1n) is 11.4. The van der Waals surface area contributed by atoms with Crippen molar-refractivity contribution in [2.75, 3.05) is 26.1 Å². The van der Waals surface area contributed by atoms with Crippen LogP contribution in [0.25, 0.3) is 22.6 Å². The molecular formula is C25H31N5O5. The average Bonchev–Trinajstić information content (AvgIpc) is 3.22. The molecule has 0 spiro atoms. The predicted molar refractivity (Wildman–Crippen MR) is 132 cm³/mol. The van der Waals surface area contributed by atoms with Crippen LogP contribution in [0.4, 0.5) is 5.69 Å². The number of benzene rings is 1. The lowest BCUT2D eigenvalue weighted by molar-refractivity contribution is -0.144. The van der Waals surface area contributed by atoms with Crippen molar-refractivity contribution in [3.05, 3.63) is 42.1 Å². The molecule has 10 nitrogen and oxygen atoms in total. The Hall–Kier alpha value is -3.79. The topological polar surface area (TPSA) is 124 Å². The van der Waals surface area contributed by atoms with E-state index in [1.807, 2.05) is 30.5 Å². The summed E-state index contributed by atoms with van der Waals surface area (Å²) in [5, 5.41) is 5.55. The molecule has 2 aromatic heterocycles. The van der Waals surface area contributed by atoms with Crippen molar-refractivity contribution in [3.8, 4) is 11.5 Å². The molecule has 0 radical (unpaired) electrons. The number of pyridine rings is 1. The summed E-state index contributed by atoms with van der Waals surface area (Å²) in [6.45, 7) is 5.97. The van der Waals surface area contributed by atoms with Crippen LogP contribution in [0.15, 0.2) is 36.5 Å². The van der Waals surface area contributed by atoms with Crippen LogP contribution in [0.3, 0.4) is 0 Å². The molecule has 2 N–H and O–H groups in total. The summed E-state index contributed by atoms with van der Waals surface area (Å²) >= 11 is 0. The molecule has 0 saturated heterocycles. The first kappa shape index (κ1) is 25.8. The summed E-state index contributed by atoms with van der Waals surface area (Å²) in [6, 6.07) is 7.94. The van der Waals surface area contributed by atoms with Gasteiger partial charge in [0.2, 0.25) is 5.91 Å². The average molecular weight is 482 g/mol. The third-order valence-corrected chi connectivity index (χ3v) is 5.77. The number of amides is 2. The maximum atomic E-state index is 13.6. The van der Waals surface area contributed by atoms with Gasteiger partial charge in [-0.15, -0.1) is 0 Å². The highest BCUT2D eigenvalue weighted by molar-refractivity contribution is 6.09. The van der Waals surface area contributed by atoms with Gasteiger partial charge in [0.1, 0.15) is 11.7 Å². The van der Waals surface area contributed by atoms with E-state index in [0.717, 1.165) is 0 Å². The van der Waals surface area contributed by atoms with Crippen LogP contribution in [0.1, 0.15) is 37.6 Å². The Morgan fingerprint density at radius 2 is 1.94 bits per heavy atom. The molecule has 2 atom stereocenters. The smallest absolute Gasteiger partial charge is 0.328 e. The van der Waals surface area contributed by atoms with E-state index < -0.39 is 17.9 Å². The zero-order valence-electron chi connectivity index (χ0n) is 20.6. The number of methoxy groups -OCH3 is 2. The molecule has 2 heterocycles. The van der Waals surface area contributed by atoms with Crippen LogP contribution in [0, 0.1) is 5.92 Å². The fourth-order valence-corrected chi connectivity index (χ4v) is 3.82. The zero-order chi connectivity index (χ0) is 25.5. The van der Waals surface area contributed by atoms with Gasteiger partial charge in [-0.1, -0.05) is 26.3 Å². The summed E-state index contributed by atoms with van der Waals surface area (Å²) in [7, 11) is 2.88. The molecule has 0 aliphatic rings. The Morgan fingerprint density at radius 3 is 2.54 bits per heavy atom. The number of fused-ring (bicyclic) bond motifs is 1. The van der Waals surface area contributed by atoms with E-state index in [0.29, 0.717) is 47.8 Å². The summed E-state index contributed by atoms with van der Waals surface area (Å²) in [6.07, 6.45) is 2.33. The largest absolute Gasteiger partial charge is 0.467 e. The quantitative estimate of drug-likeness (QED) is 0.427. The van der Waals surface area contributed by atoms with Crippen molar-refractivity contribution in [2.45, 2.75) is 39.8 Å². The lowest BCUT2D eigenvalue weighted by Gasteiger charge is -2.22. The number of carbonyl (C=O) groups is 3. The SMILES string of the molecule is CC[C@H](C)[C@H](NC(=O)c1cc(NC(C)=O)cc2nc(-c3ccccn3)n(CCOC)c12)C(=O)OC. The standard InChI is InChI=1S/C25H31N5O5/c1-6-15(2)21(25(33)35-5)29-24(32)18-13-17(27-16(3)31)14-20-22(18)30(11-12-34-4)23(28-20)19-9-7-8-10-26-19/h7-10,13-15,21H,6,11-12H2,1-5H3,(H,27,31)(H,29,32)/t15-,21-/m0/s1. The van der Waals surface area contributed by atoms with Crippen molar-refractivity contribution in [1.82, 2.24) is 19.9 Å². The van der Waals surface area contributed by atoms with Crippen molar-refractivity contribution < 1.29 is 23.9 Å². The van der Waals surface area contributed by atoms with Gasteiger partial charge in [-0.25, -0.2) is 9.78 Å². The number of hydrogen-bond acceptors (Lipinski definition) is 7. The Balaban J connectivity index is 2.22. The van der Waals surface area contributed by atoms with Gasteiger partial charge in [-0.3, -0.25) is 14.6 Å². The number of nitrogens with zero attached hydrogens (tertiary/aromatic N) is 3. The van der Waals surface area contributed by atoms with Crippen molar-refractivity contribution in [2.24, 2.45) is 5.92 Å². The summed E-state index contributed by atoms with van der Waals surface area (Å²) in [5.41, 5.74) is 2.34. The van der Waals surface area contributed by atoms with Crippen LogP contribution in [-0.4, -0.2) is 59.2 Å². The third kappa shape index (κ3) is 5.83. The van der Waals surface area contributed by atoms with E-state index in [-0.39, 0.29) is 17.4 Å². The maximum absolute atomic E-state index is 13.6. The lowest BCUT2D eigenvalue weighted by Crippen LogP contribution is -2.45.